The van der Waals surface area contributed by atoms with Gasteiger partial charge in [-0.25, -0.2) is 4.79 Å². The first-order valence-corrected chi connectivity index (χ1v) is 10.1. The number of benzene rings is 1. The Hall–Kier alpha value is -2.12. The van der Waals surface area contributed by atoms with Crippen LogP contribution in [-0.2, 0) is 20.9 Å². The summed E-state index contributed by atoms with van der Waals surface area (Å²) in [4.78, 5) is 23.1. The number of carbonyl (C=O) groups excluding carboxylic acids is 2. The lowest BCUT2D eigenvalue weighted by molar-refractivity contribution is -0.144. The summed E-state index contributed by atoms with van der Waals surface area (Å²) in [6.45, 7) is 11.3. The Bertz CT molecular complexity index is 641. The van der Waals surface area contributed by atoms with E-state index in [1.165, 1.54) is 0 Å². The fourth-order valence-electron chi connectivity index (χ4n) is 2.31. The lowest BCUT2D eigenvalue weighted by atomic mass is 10.0. The third-order valence-electron chi connectivity index (χ3n) is 4.72. The van der Waals surface area contributed by atoms with Crippen LogP contribution in [0.3, 0.4) is 0 Å². The van der Waals surface area contributed by atoms with E-state index in [0.717, 1.165) is 12.0 Å². The van der Waals surface area contributed by atoms with E-state index in [0.29, 0.717) is 31.7 Å². The van der Waals surface area contributed by atoms with E-state index in [1.807, 2.05) is 20.9 Å². The zero-order valence-corrected chi connectivity index (χ0v) is 18.6. The van der Waals surface area contributed by atoms with Gasteiger partial charge in [-0.05, 0) is 65.3 Å². The molecule has 0 aliphatic rings. The van der Waals surface area contributed by atoms with Gasteiger partial charge in [-0.1, -0.05) is 19.1 Å². The minimum absolute atomic E-state index is 0.0331. The third kappa shape index (κ3) is 10.9. The second-order valence-corrected chi connectivity index (χ2v) is 8.22. The standard InChI is InChI=1S/C22H36N2O5/c1-7-19(25)27-16-17-8-10-18(11-9-17)29-20(26)24-14-12-22(4,5)28-15-13-21(2,3)23-6/h8-11,23H,7,12-16H2,1-6H3,(H,24,26). The Morgan fingerprint density at radius 2 is 1.69 bits per heavy atom. The van der Waals surface area contributed by atoms with Crippen molar-refractivity contribution in [1.82, 2.24) is 10.6 Å². The maximum absolute atomic E-state index is 12.0. The van der Waals surface area contributed by atoms with E-state index in [4.69, 9.17) is 14.2 Å². The largest absolute Gasteiger partial charge is 0.461 e. The molecular weight excluding hydrogens is 372 g/mol. The molecule has 0 saturated heterocycles. The third-order valence-corrected chi connectivity index (χ3v) is 4.72. The molecule has 1 aromatic carbocycles. The van der Waals surface area contributed by atoms with Gasteiger partial charge in [0.05, 0.1) is 5.60 Å². The van der Waals surface area contributed by atoms with Crippen molar-refractivity contribution in [3.63, 3.8) is 0 Å². The highest BCUT2D eigenvalue weighted by molar-refractivity contribution is 5.70. The zero-order valence-electron chi connectivity index (χ0n) is 18.6. The summed E-state index contributed by atoms with van der Waals surface area (Å²) in [5.41, 5.74) is 0.528. The van der Waals surface area contributed by atoms with Crippen LogP contribution in [0.15, 0.2) is 24.3 Å². The Morgan fingerprint density at radius 3 is 2.28 bits per heavy atom. The Labute approximate surface area is 174 Å². The van der Waals surface area contributed by atoms with Crippen molar-refractivity contribution in [3.8, 4) is 5.75 Å². The number of carbonyl (C=O) groups is 2. The van der Waals surface area contributed by atoms with Crippen molar-refractivity contribution in [2.24, 2.45) is 0 Å². The van der Waals surface area contributed by atoms with Crippen molar-refractivity contribution in [1.29, 1.82) is 0 Å². The van der Waals surface area contributed by atoms with Gasteiger partial charge in [0.2, 0.25) is 0 Å². The number of ether oxygens (including phenoxy) is 3. The summed E-state index contributed by atoms with van der Waals surface area (Å²) in [6, 6.07) is 6.86. The second kappa shape index (κ2) is 11.8. The van der Waals surface area contributed by atoms with Gasteiger partial charge in [-0.3, -0.25) is 4.79 Å². The molecule has 0 radical (unpaired) electrons. The molecule has 1 amide bonds. The fourth-order valence-corrected chi connectivity index (χ4v) is 2.31. The average molecular weight is 409 g/mol. The fraction of sp³-hybridized carbons (Fsp3) is 0.636. The molecule has 0 aliphatic carbocycles. The highest BCUT2D eigenvalue weighted by atomic mass is 16.6. The van der Waals surface area contributed by atoms with Gasteiger partial charge in [0.25, 0.3) is 0 Å². The number of hydrogen-bond donors (Lipinski definition) is 2. The predicted molar refractivity (Wildman–Crippen MR) is 113 cm³/mol. The highest BCUT2D eigenvalue weighted by Crippen LogP contribution is 2.17. The highest BCUT2D eigenvalue weighted by Gasteiger charge is 2.21. The maximum Gasteiger partial charge on any atom is 0.412 e. The number of hydrogen-bond acceptors (Lipinski definition) is 6. The lowest BCUT2D eigenvalue weighted by Gasteiger charge is -2.29. The number of amides is 1. The van der Waals surface area contributed by atoms with Gasteiger partial charge >= 0.3 is 12.1 Å². The Kier molecular flexibility index (Phi) is 10.1. The van der Waals surface area contributed by atoms with Crippen LogP contribution in [0.4, 0.5) is 4.79 Å². The van der Waals surface area contributed by atoms with Crippen LogP contribution in [0, 0.1) is 0 Å². The monoisotopic (exact) mass is 408 g/mol. The minimum Gasteiger partial charge on any atom is -0.461 e. The van der Waals surface area contributed by atoms with Gasteiger partial charge in [0.1, 0.15) is 12.4 Å². The molecule has 164 valence electrons. The molecule has 0 unspecified atom stereocenters. The molecule has 0 atom stereocenters. The van der Waals surface area contributed by atoms with Crippen molar-refractivity contribution in [2.75, 3.05) is 20.2 Å². The maximum atomic E-state index is 12.0. The van der Waals surface area contributed by atoms with Crippen molar-refractivity contribution < 1.29 is 23.8 Å². The summed E-state index contributed by atoms with van der Waals surface area (Å²) < 4.78 is 16.3. The first-order valence-electron chi connectivity index (χ1n) is 10.1. The van der Waals surface area contributed by atoms with Crippen molar-refractivity contribution in [3.05, 3.63) is 29.8 Å². The van der Waals surface area contributed by atoms with Crippen LogP contribution in [-0.4, -0.2) is 43.4 Å². The van der Waals surface area contributed by atoms with Gasteiger partial charge in [0, 0.05) is 25.1 Å². The molecule has 7 nitrogen and oxygen atoms in total. The average Bonchev–Trinajstić information content (AvgIpc) is 2.66. The molecule has 0 aromatic heterocycles. The number of rotatable bonds is 12. The van der Waals surface area contributed by atoms with Crippen LogP contribution in [0.5, 0.6) is 5.75 Å². The van der Waals surface area contributed by atoms with Crippen LogP contribution >= 0.6 is 0 Å². The molecule has 7 heteroatoms. The lowest BCUT2D eigenvalue weighted by Crippen LogP contribution is -2.39. The summed E-state index contributed by atoms with van der Waals surface area (Å²) >= 11 is 0. The summed E-state index contributed by atoms with van der Waals surface area (Å²) in [7, 11) is 1.94. The van der Waals surface area contributed by atoms with Crippen molar-refractivity contribution in [2.45, 2.75) is 71.6 Å². The summed E-state index contributed by atoms with van der Waals surface area (Å²) in [5.74, 6) is 0.181. The Morgan fingerprint density at radius 1 is 1.03 bits per heavy atom. The van der Waals surface area contributed by atoms with Crippen LogP contribution in [0.2, 0.25) is 0 Å². The quantitative estimate of drug-likeness (QED) is 0.512. The zero-order chi connectivity index (χ0) is 21.9. The molecule has 29 heavy (non-hydrogen) atoms. The molecule has 1 rings (SSSR count). The molecule has 0 spiro atoms. The predicted octanol–water partition coefficient (Wildman–Crippen LogP) is 3.80. The van der Waals surface area contributed by atoms with Gasteiger partial charge < -0.3 is 24.8 Å². The van der Waals surface area contributed by atoms with E-state index in [1.54, 1.807) is 31.2 Å². The van der Waals surface area contributed by atoms with E-state index in [-0.39, 0.29) is 23.7 Å². The molecule has 0 saturated carbocycles. The smallest absolute Gasteiger partial charge is 0.412 e. The molecule has 0 heterocycles. The van der Waals surface area contributed by atoms with Crippen LogP contribution in [0.1, 0.15) is 59.4 Å². The molecule has 1 aromatic rings. The number of esters is 1. The summed E-state index contributed by atoms with van der Waals surface area (Å²) in [5, 5.41) is 6.00. The SMILES string of the molecule is CCC(=O)OCc1ccc(OC(=O)NCCC(C)(C)OCCC(C)(C)NC)cc1. The van der Waals surface area contributed by atoms with Crippen molar-refractivity contribution >= 4 is 12.1 Å². The van der Waals surface area contributed by atoms with E-state index in [9.17, 15) is 9.59 Å². The normalized spacial score (nSPS) is 11.8. The Balaban J connectivity index is 2.31. The van der Waals surface area contributed by atoms with Gasteiger partial charge in [-0.15, -0.1) is 0 Å². The van der Waals surface area contributed by atoms with Gasteiger partial charge in [-0.2, -0.15) is 0 Å². The van der Waals surface area contributed by atoms with Gasteiger partial charge in [0.15, 0.2) is 0 Å². The van der Waals surface area contributed by atoms with E-state index < -0.39 is 6.09 Å². The topological polar surface area (TPSA) is 85.9 Å². The van der Waals surface area contributed by atoms with E-state index >= 15 is 0 Å². The van der Waals surface area contributed by atoms with E-state index in [2.05, 4.69) is 24.5 Å². The first-order chi connectivity index (χ1) is 13.6. The summed E-state index contributed by atoms with van der Waals surface area (Å²) in [6.07, 6.45) is 1.40. The minimum atomic E-state index is -0.512. The molecule has 2 N–H and O–H groups in total. The molecule has 0 bridgehead atoms. The first kappa shape index (κ1) is 24.9. The molecular formula is C22H36N2O5. The second-order valence-electron chi connectivity index (χ2n) is 8.22. The number of nitrogens with one attached hydrogen (secondary N) is 2. The molecule has 0 aliphatic heterocycles. The van der Waals surface area contributed by atoms with Crippen LogP contribution in [0.25, 0.3) is 0 Å². The molecule has 0 fully saturated rings. The van der Waals surface area contributed by atoms with Crippen LogP contribution < -0.4 is 15.4 Å².